The first-order valence-corrected chi connectivity index (χ1v) is 5.99. The lowest BCUT2D eigenvalue weighted by molar-refractivity contribution is 1.04. The molecule has 0 atom stereocenters. The van der Waals surface area contributed by atoms with Gasteiger partial charge in [0.15, 0.2) is 0 Å². The van der Waals surface area contributed by atoms with E-state index in [2.05, 4.69) is 28.8 Å². The zero-order valence-corrected chi connectivity index (χ0v) is 10.4. The van der Waals surface area contributed by atoms with Crippen LogP contribution in [0.2, 0.25) is 0 Å². The van der Waals surface area contributed by atoms with Crippen LogP contribution in [0.5, 0.6) is 0 Å². The van der Waals surface area contributed by atoms with Crippen LogP contribution in [-0.2, 0) is 6.42 Å². The summed E-state index contributed by atoms with van der Waals surface area (Å²) in [6.45, 7) is 6.00. The van der Waals surface area contributed by atoms with Crippen molar-refractivity contribution in [1.82, 2.24) is 15.0 Å². The van der Waals surface area contributed by atoms with E-state index in [1.165, 1.54) is 4.88 Å². The average Bonchev–Trinajstić information content (AvgIpc) is 2.59. The Labute approximate surface area is 98.6 Å². The van der Waals surface area contributed by atoms with Gasteiger partial charge < -0.3 is 5.73 Å². The summed E-state index contributed by atoms with van der Waals surface area (Å²) in [6, 6.07) is 0. The second kappa shape index (κ2) is 4.17. The maximum atomic E-state index is 5.87. The van der Waals surface area contributed by atoms with Gasteiger partial charge in [-0.2, -0.15) is 0 Å². The number of thiazole rings is 1. The molecule has 0 aliphatic carbocycles. The van der Waals surface area contributed by atoms with Crippen LogP contribution in [0.4, 0.5) is 5.82 Å². The highest BCUT2D eigenvalue weighted by atomic mass is 32.1. The Morgan fingerprint density at radius 1 is 1.31 bits per heavy atom. The Hall–Kier alpha value is -1.49. The van der Waals surface area contributed by atoms with Crippen molar-refractivity contribution in [3.05, 3.63) is 22.6 Å². The largest absolute Gasteiger partial charge is 0.383 e. The molecule has 0 amide bonds. The molecule has 0 radical (unpaired) electrons. The summed E-state index contributed by atoms with van der Waals surface area (Å²) < 4.78 is 0. The molecule has 2 N–H and O–H groups in total. The quantitative estimate of drug-likeness (QED) is 0.866. The van der Waals surface area contributed by atoms with Gasteiger partial charge in [0.25, 0.3) is 0 Å². The molecular formula is C11H14N4S. The van der Waals surface area contributed by atoms with Gasteiger partial charge in [-0.05, 0) is 20.3 Å². The van der Waals surface area contributed by atoms with E-state index in [4.69, 9.17) is 5.73 Å². The molecule has 2 aromatic rings. The first-order valence-electron chi connectivity index (χ1n) is 5.17. The van der Waals surface area contributed by atoms with E-state index in [0.29, 0.717) is 11.6 Å². The van der Waals surface area contributed by atoms with Crippen molar-refractivity contribution in [3.63, 3.8) is 0 Å². The fourth-order valence-electron chi connectivity index (χ4n) is 1.52. The maximum Gasteiger partial charge on any atom is 0.137 e. The SMILES string of the molecule is CCc1nc(-c2cnc(C)nc2N)sc1C. The summed E-state index contributed by atoms with van der Waals surface area (Å²) >= 11 is 1.64. The summed E-state index contributed by atoms with van der Waals surface area (Å²) in [5, 5.41) is 0.909. The number of rotatable bonds is 2. The van der Waals surface area contributed by atoms with Gasteiger partial charge in [-0.25, -0.2) is 15.0 Å². The molecular weight excluding hydrogens is 220 g/mol. The molecule has 0 aromatic carbocycles. The van der Waals surface area contributed by atoms with E-state index >= 15 is 0 Å². The molecule has 2 rings (SSSR count). The number of aromatic nitrogens is 3. The van der Waals surface area contributed by atoms with Crippen LogP contribution in [-0.4, -0.2) is 15.0 Å². The molecule has 0 aliphatic heterocycles. The monoisotopic (exact) mass is 234 g/mol. The second-order valence-corrected chi connectivity index (χ2v) is 4.79. The van der Waals surface area contributed by atoms with E-state index in [1.54, 1.807) is 17.5 Å². The number of aryl methyl sites for hydroxylation is 3. The van der Waals surface area contributed by atoms with Gasteiger partial charge in [-0.1, -0.05) is 6.92 Å². The smallest absolute Gasteiger partial charge is 0.137 e. The Kier molecular flexibility index (Phi) is 2.87. The van der Waals surface area contributed by atoms with Crippen LogP contribution in [0, 0.1) is 13.8 Å². The molecule has 0 saturated carbocycles. The normalized spacial score (nSPS) is 10.7. The highest BCUT2D eigenvalue weighted by molar-refractivity contribution is 7.15. The number of anilines is 1. The minimum Gasteiger partial charge on any atom is -0.383 e. The van der Waals surface area contributed by atoms with Gasteiger partial charge in [-0.15, -0.1) is 11.3 Å². The minimum absolute atomic E-state index is 0.504. The van der Waals surface area contributed by atoms with Gasteiger partial charge in [0.05, 0.1) is 11.3 Å². The second-order valence-electron chi connectivity index (χ2n) is 3.59. The third kappa shape index (κ3) is 1.90. The fourth-order valence-corrected chi connectivity index (χ4v) is 2.54. The molecule has 0 spiro atoms. The van der Waals surface area contributed by atoms with Crippen molar-refractivity contribution >= 4 is 17.2 Å². The van der Waals surface area contributed by atoms with Crippen molar-refractivity contribution in [2.75, 3.05) is 5.73 Å². The third-order valence-corrected chi connectivity index (χ3v) is 3.44. The molecule has 16 heavy (non-hydrogen) atoms. The van der Waals surface area contributed by atoms with Crippen LogP contribution < -0.4 is 5.73 Å². The standard InChI is InChI=1S/C11H14N4S/c1-4-9-6(2)16-11(15-9)8-5-13-7(3)14-10(8)12/h5H,4H2,1-3H3,(H2,12,13,14). The first kappa shape index (κ1) is 11.0. The topological polar surface area (TPSA) is 64.7 Å². The van der Waals surface area contributed by atoms with Crippen LogP contribution in [0.15, 0.2) is 6.20 Å². The Balaban J connectivity index is 2.50. The Morgan fingerprint density at radius 3 is 2.62 bits per heavy atom. The summed E-state index contributed by atoms with van der Waals surface area (Å²) in [5.74, 6) is 1.19. The van der Waals surface area contributed by atoms with Crippen LogP contribution >= 0.6 is 11.3 Å². The summed E-state index contributed by atoms with van der Waals surface area (Å²) in [7, 11) is 0. The zero-order valence-electron chi connectivity index (χ0n) is 9.61. The molecule has 2 heterocycles. The van der Waals surface area contributed by atoms with Gasteiger partial charge in [0.2, 0.25) is 0 Å². The lowest BCUT2D eigenvalue weighted by Crippen LogP contribution is -1.98. The molecule has 0 fully saturated rings. The van der Waals surface area contributed by atoms with E-state index in [9.17, 15) is 0 Å². The Morgan fingerprint density at radius 2 is 2.06 bits per heavy atom. The van der Waals surface area contributed by atoms with Crippen molar-refractivity contribution in [2.45, 2.75) is 27.2 Å². The molecule has 5 heteroatoms. The van der Waals surface area contributed by atoms with Crippen molar-refractivity contribution in [2.24, 2.45) is 0 Å². The molecule has 4 nitrogen and oxygen atoms in total. The van der Waals surface area contributed by atoms with Gasteiger partial charge in [0, 0.05) is 11.1 Å². The van der Waals surface area contributed by atoms with Crippen LogP contribution in [0.25, 0.3) is 10.6 Å². The first-order chi connectivity index (χ1) is 7.61. The highest BCUT2D eigenvalue weighted by Crippen LogP contribution is 2.30. The average molecular weight is 234 g/mol. The predicted octanol–water partition coefficient (Wildman–Crippen LogP) is 2.36. The molecule has 0 unspecified atom stereocenters. The number of hydrogen-bond donors (Lipinski definition) is 1. The van der Waals surface area contributed by atoms with E-state index in [0.717, 1.165) is 22.7 Å². The van der Waals surface area contributed by atoms with Gasteiger partial charge in [0.1, 0.15) is 16.6 Å². The summed E-state index contributed by atoms with van der Waals surface area (Å²) in [5.41, 5.74) is 7.83. The van der Waals surface area contributed by atoms with E-state index in [1.807, 2.05) is 6.92 Å². The van der Waals surface area contributed by atoms with Crippen molar-refractivity contribution in [3.8, 4) is 10.6 Å². The van der Waals surface area contributed by atoms with Gasteiger partial charge >= 0.3 is 0 Å². The van der Waals surface area contributed by atoms with E-state index < -0.39 is 0 Å². The highest BCUT2D eigenvalue weighted by Gasteiger charge is 2.11. The summed E-state index contributed by atoms with van der Waals surface area (Å²) in [4.78, 5) is 14.1. The number of nitrogens with zero attached hydrogens (tertiary/aromatic N) is 3. The molecule has 84 valence electrons. The molecule has 0 aliphatic rings. The maximum absolute atomic E-state index is 5.87. The van der Waals surface area contributed by atoms with E-state index in [-0.39, 0.29) is 0 Å². The van der Waals surface area contributed by atoms with Crippen molar-refractivity contribution < 1.29 is 0 Å². The number of nitrogens with two attached hydrogens (primary N) is 1. The number of nitrogen functional groups attached to an aromatic ring is 1. The van der Waals surface area contributed by atoms with Crippen LogP contribution in [0.1, 0.15) is 23.3 Å². The minimum atomic E-state index is 0.504. The Bertz CT molecular complexity index is 519. The predicted molar refractivity (Wildman–Crippen MR) is 66.4 cm³/mol. The van der Waals surface area contributed by atoms with Crippen molar-refractivity contribution in [1.29, 1.82) is 0 Å². The summed E-state index contributed by atoms with van der Waals surface area (Å²) in [6.07, 6.45) is 2.68. The van der Waals surface area contributed by atoms with Crippen LogP contribution in [0.3, 0.4) is 0 Å². The van der Waals surface area contributed by atoms with Gasteiger partial charge in [-0.3, -0.25) is 0 Å². The molecule has 2 aromatic heterocycles. The fraction of sp³-hybridized carbons (Fsp3) is 0.364. The number of hydrogen-bond acceptors (Lipinski definition) is 5. The lowest BCUT2D eigenvalue weighted by Gasteiger charge is -2.00. The molecule has 0 bridgehead atoms. The third-order valence-electron chi connectivity index (χ3n) is 2.40. The lowest BCUT2D eigenvalue weighted by atomic mass is 10.3. The zero-order chi connectivity index (χ0) is 11.7. The molecule has 0 saturated heterocycles.